The van der Waals surface area contributed by atoms with Gasteiger partial charge in [-0.3, -0.25) is 4.79 Å². The molecular formula is C17H13BrO2. The summed E-state index contributed by atoms with van der Waals surface area (Å²) >= 11 is 3.38. The zero-order valence-corrected chi connectivity index (χ0v) is 12.4. The predicted octanol–water partition coefficient (Wildman–Crippen LogP) is 2.99. The van der Waals surface area contributed by atoms with Crippen molar-refractivity contribution in [3.05, 3.63) is 68.9 Å². The molecule has 1 aromatic carbocycles. The van der Waals surface area contributed by atoms with Gasteiger partial charge in [0.15, 0.2) is 5.76 Å². The van der Waals surface area contributed by atoms with E-state index in [-0.39, 0.29) is 5.78 Å². The Bertz CT molecular complexity index is 779. The standard InChI is InChI=1S/C17H13BrO2/c18-14-8-6-12(7-9-14)10-15(19)17-11-13-4-2-1-3-5-16(13)20-17/h1-2,4-9,11H,3,10H2. The van der Waals surface area contributed by atoms with Gasteiger partial charge in [-0.05, 0) is 36.3 Å². The van der Waals surface area contributed by atoms with Crippen molar-refractivity contribution in [3.8, 4) is 0 Å². The molecule has 2 aromatic rings. The van der Waals surface area contributed by atoms with E-state index in [1.807, 2.05) is 48.6 Å². The highest BCUT2D eigenvalue weighted by Gasteiger charge is 2.11. The van der Waals surface area contributed by atoms with E-state index < -0.39 is 0 Å². The summed E-state index contributed by atoms with van der Waals surface area (Å²) in [6, 6.07) is 9.58. The molecule has 1 aromatic heterocycles. The quantitative estimate of drug-likeness (QED) is 0.811. The van der Waals surface area contributed by atoms with Gasteiger partial charge in [0.05, 0.1) is 0 Å². The Morgan fingerprint density at radius 1 is 1.25 bits per heavy atom. The number of allylic oxidation sites excluding steroid dienone is 2. The smallest absolute Gasteiger partial charge is 0.202 e. The molecule has 0 atom stereocenters. The lowest BCUT2D eigenvalue weighted by Crippen LogP contribution is -2.17. The number of furan rings is 1. The molecule has 0 saturated carbocycles. The summed E-state index contributed by atoms with van der Waals surface area (Å²) < 4.78 is 6.67. The number of Topliss-reactive ketones (excluding diaryl/α,β-unsaturated/α-hetero) is 1. The van der Waals surface area contributed by atoms with E-state index in [0.29, 0.717) is 12.2 Å². The van der Waals surface area contributed by atoms with E-state index in [4.69, 9.17) is 4.42 Å². The lowest BCUT2D eigenvalue weighted by Gasteiger charge is -1.98. The normalized spacial score (nSPS) is 13.1. The average molecular weight is 329 g/mol. The van der Waals surface area contributed by atoms with E-state index in [2.05, 4.69) is 22.0 Å². The summed E-state index contributed by atoms with van der Waals surface area (Å²) in [5.41, 5.74) is 1.77. The summed E-state index contributed by atoms with van der Waals surface area (Å²) in [6.45, 7) is 0. The average Bonchev–Trinajstić information content (AvgIpc) is 2.73. The van der Waals surface area contributed by atoms with E-state index in [9.17, 15) is 4.79 Å². The fourth-order valence-corrected chi connectivity index (χ4v) is 2.41. The first kappa shape index (κ1) is 13.1. The summed E-state index contributed by atoms with van der Waals surface area (Å²) in [7, 11) is 0. The van der Waals surface area contributed by atoms with Crippen LogP contribution in [0.2, 0.25) is 0 Å². The van der Waals surface area contributed by atoms with Crippen LogP contribution >= 0.6 is 15.9 Å². The number of hydrogen-bond acceptors (Lipinski definition) is 2. The highest BCUT2D eigenvalue weighted by atomic mass is 79.9. The first-order chi connectivity index (χ1) is 9.72. The van der Waals surface area contributed by atoms with Crippen LogP contribution in [-0.4, -0.2) is 5.78 Å². The van der Waals surface area contributed by atoms with Gasteiger partial charge in [0.2, 0.25) is 5.78 Å². The van der Waals surface area contributed by atoms with Crippen LogP contribution in [0.1, 0.15) is 22.5 Å². The van der Waals surface area contributed by atoms with Crippen LogP contribution in [0.25, 0.3) is 12.2 Å². The Morgan fingerprint density at radius 2 is 2.05 bits per heavy atom. The molecule has 0 unspecified atom stereocenters. The van der Waals surface area contributed by atoms with Gasteiger partial charge in [-0.25, -0.2) is 0 Å². The molecule has 0 fully saturated rings. The first-order valence-electron chi connectivity index (χ1n) is 6.47. The largest absolute Gasteiger partial charge is 0.453 e. The summed E-state index contributed by atoms with van der Waals surface area (Å²) in [6.07, 6.45) is 9.19. The van der Waals surface area contributed by atoms with Crippen LogP contribution in [0.3, 0.4) is 0 Å². The summed E-state index contributed by atoms with van der Waals surface area (Å²) in [5, 5.41) is 0.970. The highest BCUT2D eigenvalue weighted by Crippen LogP contribution is 2.12. The number of rotatable bonds is 3. The summed E-state index contributed by atoms with van der Waals surface area (Å²) in [4.78, 5) is 12.3. The third kappa shape index (κ3) is 2.83. The zero-order valence-electron chi connectivity index (χ0n) is 10.8. The van der Waals surface area contributed by atoms with Gasteiger partial charge in [0.25, 0.3) is 0 Å². The summed E-state index contributed by atoms with van der Waals surface area (Å²) in [5.74, 6) is 0.437. The first-order valence-corrected chi connectivity index (χ1v) is 7.26. The Balaban J connectivity index is 1.87. The number of halogens is 1. The zero-order chi connectivity index (χ0) is 13.9. The molecule has 100 valence electrons. The molecule has 0 saturated heterocycles. The number of benzene rings is 1. The van der Waals surface area contributed by atoms with E-state index in [1.165, 1.54) is 0 Å². The number of carbonyl (C=O) groups is 1. The van der Waals surface area contributed by atoms with Crippen LogP contribution in [0, 0.1) is 0 Å². The predicted molar refractivity (Wildman–Crippen MR) is 82.8 cm³/mol. The molecule has 3 heteroatoms. The molecule has 1 aliphatic carbocycles. The molecular weight excluding hydrogens is 316 g/mol. The van der Waals surface area contributed by atoms with Crippen molar-refractivity contribution in [2.75, 3.05) is 0 Å². The van der Waals surface area contributed by atoms with Crippen molar-refractivity contribution in [1.82, 2.24) is 0 Å². The van der Waals surface area contributed by atoms with Gasteiger partial charge in [0.1, 0.15) is 5.42 Å². The Labute approximate surface area is 125 Å². The van der Waals surface area contributed by atoms with Crippen LogP contribution in [-0.2, 0) is 6.42 Å². The number of fused-ring (bicyclic) bond motifs is 1. The van der Waals surface area contributed by atoms with Gasteiger partial charge in [0, 0.05) is 16.1 Å². The van der Waals surface area contributed by atoms with Crippen LogP contribution in [0.15, 0.2) is 51.4 Å². The van der Waals surface area contributed by atoms with Crippen LogP contribution in [0.5, 0.6) is 0 Å². The molecule has 3 rings (SSSR count). The third-order valence-electron chi connectivity index (χ3n) is 3.19. The second-order valence-electron chi connectivity index (χ2n) is 4.69. The minimum atomic E-state index is 0.00572. The molecule has 0 N–H and O–H groups in total. The van der Waals surface area contributed by atoms with Crippen LogP contribution < -0.4 is 10.6 Å². The maximum Gasteiger partial charge on any atom is 0.202 e. The van der Waals surface area contributed by atoms with E-state index in [0.717, 1.165) is 27.1 Å². The lowest BCUT2D eigenvalue weighted by atomic mass is 10.1. The van der Waals surface area contributed by atoms with Gasteiger partial charge in [-0.1, -0.05) is 46.3 Å². The van der Waals surface area contributed by atoms with Gasteiger partial charge >= 0.3 is 0 Å². The highest BCUT2D eigenvalue weighted by molar-refractivity contribution is 9.10. The molecule has 0 bridgehead atoms. The number of ketones is 1. The fourth-order valence-electron chi connectivity index (χ4n) is 2.15. The van der Waals surface area contributed by atoms with E-state index in [1.54, 1.807) is 0 Å². The minimum Gasteiger partial charge on any atom is -0.453 e. The Kier molecular flexibility index (Phi) is 3.70. The second-order valence-corrected chi connectivity index (χ2v) is 5.61. The maximum absolute atomic E-state index is 12.3. The van der Waals surface area contributed by atoms with Gasteiger partial charge in [-0.15, -0.1) is 0 Å². The third-order valence-corrected chi connectivity index (χ3v) is 3.72. The molecule has 0 amide bonds. The van der Waals surface area contributed by atoms with Crippen molar-refractivity contribution < 1.29 is 9.21 Å². The minimum absolute atomic E-state index is 0.00572. The van der Waals surface area contributed by atoms with Crippen molar-refractivity contribution in [2.45, 2.75) is 12.8 Å². The Morgan fingerprint density at radius 3 is 2.85 bits per heavy atom. The molecule has 0 aliphatic heterocycles. The SMILES string of the molecule is O=C(Cc1ccc(Br)cc1)c1cc2c(o1)=CCC=CC=2. The number of hydrogen-bond donors (Lipinski definition) is 0. The maximum atomic E-state index is 12.3. The lowest BCUT2D eigenvalue weighted by molar-refractivity contribution is 0.0965. The van der Waals surface area contributed by atoms with Crippen molar-refractivity contribution in [3.63, 3.8) is 0 Å². The van der Waals surface area contributed by atoms with E-state index >= 15 is 0 Å². The topological polar surface area (TPSA) is 30.2 Å². The fraction of sp³-hybridized carbons (Fsp3) is 0.118. The molecule has 2 nitrogen and oxygen atoms in total. The molecule has 1 aliphatic rings. The van der Waals surface area contributed by atoms with Gasteiger partial charge < -0.3 is 4.42 Å². The van der Waals surface area contributed by atoms with Crippen molar-refractivity contribution >= 4 is 33.9 Å². The van der Waals surface area contributed by atoms with Crippen molar-refractivity contribution in [2.24, 2.45) is 0 Å². The monoisotopic (exact) mass is 328 g/mol. The van der Waals surface area contributed by atoms with Crippen molar-refractivity contribution in [1.29, 1.82) is 0 Å². The second kappa shape index (κ2) is 5.63. The Hall–Kier alpha value is -1.87. The van der Waals surface area contributed by atoms with Gasteiger partial charge in [-0.2, -0.15) is 0 Å². The number of carbonyl (C=O) groups excluding carboxylic acids is 1. The molecule has 0 radical (unpaired) electrons. The molecule has 1 heterocycles. The van der Waals surface area contributed by atoms with Crippen LogP contribution in [0.4, 0.5) is 0 Å². The molecule has 20 heavy (non-hydrogen) atoms. The molecule has 0 spiro atoms.